The largest absolute Gasteiger partial charge is 0.461 e. The van der Waals surface area contributed by atoms with Crippen LogP contribution in [0.5, 0.6) is 0 Å². The van der Waals surface area contributed by atoms with Gasteiger partial charge in [0, 0.05) is 22.8 Å². The number of carbonyl (C=O) groups excluding carboxylic acids is 2. The normalized spacial score (nSPS) is 48.8. The van der Waals surface area contributed by atoms with Gasteiger partial charge in [0.15, 0.2) is 5.83 Å². The Balaban J connectivity index is 1.84. The number of alkyl halides is 2. The maximum absolute atomic E-state index is 15.5. The van der Waals surface area contributed by atoms with Gasteiger partial charge in [0.1, 0.15) is 12.3 Å². The Bertz CT molecular complexity index is 872. The number of rotatable bonds is 3. The third kappa shape index (κ3) is 2.84. The van der Waals surface area contributed by atoms with Gasteiger partial charge < -0.3 is 9.84 Å². The van der Waals surface area contributed by atoms with E-state index in [-0.39, 0.29) is 48.2 Å². The first-order valence-corrected chi connectivity index (χ1v) is 12.1. The fourth-order valence-electron chi connectivity index (χ4n) is 7.45. The highest BCUT2D eigenvalue weighted by molar-refractivity contribution is 9.10. The van der Waals surface area contributed by atoms with Crippen LogP contribution in [0.2, 0.25) is 0 Å². The van der Waals surface area contributed by atoms with Gasteiger partial charge in [0.25, 0.3) is 0 Å². The second-order valence-corrected chi connectivity index (χ2v) is 11.4. The number of carbonyl (C=O) groups is 2. The highest BCUT2D eigenvalue weighted by atomic mass is 79.9. The van der Waals surface area contributed by atoms with Crippen molar-refractivity contribution in [3.8, 4) is 0 Å². The van der Waals surface area contributed by atoms with Crippen LogP contribution in [0, 0.1) is 28.6 Å². The fourth-order valence-corrected chi connectivity index (χ4v) is 8.47. The first-order valence-electron chi connectivity index (χ1n) is 11.3. The van der Waals surface area contributed by atoms with Gasteiger partial charge >= 0.3 is 5.97 Å². The number of hydrogen-bond acceptors (Lipinski definition) is 4. The van der Waals surface area contributed by atoms with Gasteiger partial charge in [-0.1, -0.05) is 49.7 Å². The summed E-state index contributed by atoms with van der Waals surface area (Å²) in [4.78, 5) is 24.2. The summed E-state index contributed by atoms with van der Waals surface area (Å²) in [5, 5.41) is 11.6. The van der Waals surface area contributed by atoms with Crippen LogP contribution in [0.3, 0.4) is 0 Å². The van der Waals surface area contributed by atoms with Crippen LogP contribution < -0.4 is 0 Å². The Hall–Kier alpha value is -1.08. The smallest absolute Gasteiger partial charge is 0.305 e. The van der Waals surface area contributed by atoms with Gasteiger partial charge in [0.05, 0.1) is 10.4 Å². The van der Waals surface area contributed by atoms with Crippen LogP contribution in [0.4, 0.5) is 8.78 Å². The summed E-state index contributed by atoms with van der Waals surface area (Å²) in [6.07, 6.45) is 1.95. The average molecular weight is 501 g/mol. The van der Waals surface area contributed by atoms with Crippen molar-refractivity contribution < 1.29 is 28.2 Å². The maximum Gasteiger partial charge on any atom is 0.305 e. The van der Waals surface area contributed by atoms with E-state index in [1.807, 2.05) is 13.8 Å². The van der Waals surface area contributed by atoms with Gasteiger partial charge in [0.2, 0.25) is 5.78 Å². The van der Waals surface area contributed by atoms with Crippen molar-refractivity contribution in [1.82, 2.24) is 0 Å². The van der Waals surface area contributed by atoms with Gasteiger partial charge in [-0.25, -0.2) is 8.78 Å². The third-order valence-corrected chi connectivity index (χ3v) is 10.8. The number of hydrogen-bond donors (Lipinski definition) is 1. The van der Waals surface area contributed by atoms with Crippen LogP contribution in [0.25, 0.3) is 0 Å². The summed E-state index contributed by atoms with van der Waals surface area (Å²) in [5.41, 5.74) is -1.79. The van der Waals surface area contributed by atoms with E-state index in [2.05, 4.69) is 15.9 Å². The van der Waals surface area contributed by atoms with Crippen LogP contribution in [-0.4, -0.2) is 39.6 Å². The summed E-state index contributed by atoms with van der Waals surface area (Å²) >= 11 is 3.82. The summed E-state index contributed by atoms with van der Waals surface area (Å²) < 4.78 is 35.3. The molecule has 4 aliphatic rings. The summed E-state index contributed by atoms with van der Waals surface area (Å²) in [7, 11) is 0. The van der Waals surface area contributed by atoms with Gasteiger partial charge in [-0.2, -0.15) is 0 Å². The lowest BCUT2D eigenvalue weighted by Gasteiger charge is -2.64. The molecule has 0 saturated heterocycles. The predicted molar refractivity (Wildman–Crippen MR) is 116 cm³/mol. The zero-order valence-corrected chi connectivity index (χ0v) is 20.0. The van der Waals surface area contributed by atoms with Crippen LogP contribution in [0.1, 0.15) is 59.8 Å². The molecule has 0 bridgehead atoms. The minimum absolute atomic E-state index is 0.00403. The Labute approximate surface area is 190 Å². The summed E-state index contributed by atoms with van der Waals surface area (Å²) in [5.74, 6) is -2.36. The molecule has 7 heteroatoms. The molecule has 4 nitrogen and oxygen atoms in total. The van der Waals surface area contributed by atoms with Crippen molar-refractivity contribution >= 4 is 27.7 Å². The number of allylic oxidation sites excluding steroid dienone is 4. The topological polar surface area (TPSA) is 63.6 Å². The summed E-state index contributed by atoms with van der Waals surface area (Å²) in [6.45, 7) is 7.56. The molecule has 172 valence electrons. The first kappa shape index (κ1) is 23.1. The highest BCUT2D eigenvalue weighted by Crippen LogP contribution is 2.71. The number of ether oxygens (including phenoxy) is 1. The van der Waals surface area contributed by atoms with Crippen molar-refractivity contribution in [2.75, 3.05) is 0 Å². The molecule has 3 saturated carbocycles. The molecule has 9 atom stereocenters. The zero-order chi connectivity index (χ0) is 22.9. The molecule has 4 rings (SSSR count). The van der Waals surface area contributed by atoms with E-state index in [9.17, 15) is 19.1 Å². The molecule has 0 radical (unpaired) electrons. The van der Waals surface area contributed by atoms with Gasteiger partial charge in [-0.3, -0.25) is 9.59 Å². The average Bonchev–Trinajstić information content (AvgIpc) is 2.99. The Kier molecular flexibility index (Phi) is 5.57. The van der Waals surface area contributed by atoms with Crippen LogP contribution in [-0.2, 0) is 14.3 Å². The van der Waals surface area contributed by atoms with Crippen molar-refractivity contribution in [2.45, 2.75) is 82.5 Å². The lowest BCUT2D eigenvalue weighted by Crippen LogP contribution is -2.68. The standard InChI is InChI=1S/C24H31BrF2O4/c1-5-18(30)31-21-12(3)9-13-14-10-15(26)19-20(27)16(28)7-8-22(19,4)24(14,25)17(29)11-23(13,21)6-2/h7-8,12-15,17,21,29H,5-6,9-11H2,1-4H3/t12-,13+,14+,15+,17+,21-,22+,23+,24+/m1/s1. The molecule has 0 spiro atoms. The molecule has 0 heterocycles. The number of ketones is 1. The molecule has 0 unspecified atom stereocenters. The summed E-state index contributed by atoms with van der Waals surface area (Å²) in [6, 6.07) is 0. The Morgan fingerprint density at radius 1 is 1.32 bits per heavy atom. The van der Waals surface area contributed by atoms with Crippen molar-refractivity contribution in [2.24, 2.45) is 28.6 Å². The van der Waals surface area contributed by atoms with Crippen LogP contribution in [0.15, 0.2) is 23.6 Å². The number of fused-ring (bicyclic) bond motifs is 5. The van der Waals surface area contributed by atoms with Crippen molar-refractivity contribution in [3.05, 3.63) is 23.6 Å². The molecule has 0 aromatic rings. The molecule has 0 aliphatic heterocycles. The molecule has 1 N–H and O–H groups in total. The van der Waals surface area contributed by atoms with Gasteiger partial charge in [-0.15, -0.1) is 0 Å². The Morgan fingerprint density at radius 2 is 2.00 bits per heavy atom. The van der Waals surface area contributed by atoms with Crippen molar-refractivity contribution in [3.63, 3.8) is 0 Å². The number of esters is 1. The lowest BCUT2D eigenvalue weighted by molar-refractivity contribution is -0.170. The molecule has 31 heavy (non-hydrogen) atoms. The van der Waals surface area contributed by atoms with E-state index in [0.29, 0.717) is 12.8 Å². The monoisotopic (exact) mass is 500 g/mol. The predicted octanol–water partition coefficient (Wildman–Crippen LogP) is 4.99. The van der Waals surface area contributed by atoms with E-state index in [0.717, 1.165) is 12.5 Å². The Morgan fingerprint density at radius 3 is 2.61 bits per heavy atom. The molecular formula is C24H31BrF2O4. The lowest BCUT2D eigenvalue weighted by atomic mass is 9.46. The fraction of sp³-hybridized carbons (Fsp3) is 0.750. The van der Waals surface area contributed by atoms with Crippen LogP contribution >= 0.6 is 15.9 Å². The second-order valence-electron chi connectivity index (χ2n) is 10.1. The van der Waals surface area contributed by atoms with E-state index in [4.69, 9.17) is 4.74 Å². The molecule has 0 amide bonds. The molecule has 0 aromatic heterocycles. The number of aliphatic hydroxyl groups is 1. The van der Waals surface area contributed by atoms with E-state index >= 15 is 4.39 Å². The van der Waals surface area contributed by atoms with Crippen molar-refractivity contribution in [1.29, 1.82) is 0 Å². The zero-order valence-electron chi connectivity index (χ0n) is 18.5. The minimum Gasteiger partial charge on any atom is -0.461 e. The SMILES string of the molecule is CCC(=O)O[C@@H]1[C@H](C)C[C@H]2[C@@H]3C[C@H](F)C4=C(F)C(=O)C=C[C@]4(C)[C@@]3(Br)[C@@H](O)C[C@]12CC. The molecule has 0 aromatic carbocycles. The molecule has 4 aliphatic carbocycles. The first-order chi connectivity index (χ1) is 14.5. The van der Waals surface area contributed by atoms with Gasteiger partial charge in [-0.05, 0) is 49.5 Å². The van der Waals surface area contributed by atoms with E-state index < -0.39 is 39.0 Å². The molecule has 3 fully saturated rings. The molecular weight excluding hydrogens is 470 g/mol. The van der Waals surface area contributed by atoms with E-state index in [1.54, 1.807) is 19.9 Å². The highest BCUT2D eigenvalue weighted by Gasteiger charge is 2.72. The van der Waals surface area contributed by atoms with E-state index in [1.165, 1.54) is 0 Å². The number of aliphatic hydroxyl groups excluding tert-OH is 1. The number of halogens is 3. The third-order valence-electron chi connectivity index (χ3n) is 8.89. The maximum atomic E-state index is 15.5. The quantitative estimate of drug-likeness (QED) is 0.438. The second kappa shape index (κ2) is 7.47. The minimum atomic E-state index is -1.61.